The van der Waals surface area contributed by atoms with E-state index < -0.39 is 11.6 Å². The Morgan fingerprint density at radius 1 is 1.39 bits per heavy atom. The highest BCUT2D eigenvalue weighted by molar-refractivity contribution is 5.68. The number of aromatic nitrogens is 3. The lowest BCUT2D eigenvalue weighted by molar-refractivity contribution is -0.150. The molecule has 0 aromatic carbocycles. The molecule has 0 aliphatic carbocycles. The molecule has 1 aliphatic heterocycles. The fourth-order valence-corrected chi connectivity index (χ4v) is 1.81. The monoisotopic (exact) mass is 252 g/mol. The van der Waals surface area contributed by atoms with Gasteiger partial charge in [0.1, 0.15) is 12.2 Å². The quantitative estimate of drug-likeness (QED) is 0.817. The Labute approximate surface area is 105 Å². The van der Waals surface area contributed by atoms with Gasteiger partial charge in [-0.15, -0.1) is 5.10 Å². The summed E-state index contributed by atoms with van der Waals surface area (Å²) in [5.74, 6) is -0.395. The zero-order valence-corrected chi connectivity index (χ0v) is 10.7. The number of hydrogen-bond acceptors (Lipinski definition) is 6. The number of rotatable bonds is 4. The first-order valence-corrected chi connectivity index (χ1v) is 5.68. The van der Waals surface area contributed by atoms with E-state index in [1.165, 1.54) is 0 Å². The van der Waals surface area contributed by atoms with E-state index in [0.29, 0.717) is 19.0 Å². The predicted molar refractivity (Wildman–Crippen MR) is 63.5 cm³/mol. The van der Waals surface area contributed by atoms with Crippen molar-refractivity contribution in [1.29, 1.82) is 0 Å². The average molecular weight is 252 g/mol. The van der Waals surface area contributed by atoms with Crippen LogP contribution >= 0.6 is 0 Å². The molecule has 98 valence electrons. The summed E-state index contributed by atoms with van der Waals surface area (Å²) in [5, 5.41) is 16.6. The van der Waals surface area contributed by atoms with Gasteiger partial charge in [0.05, 0.1) is 24.5 Å². The number of ether oxygens (including phenoxy) is 1. The van der Waals surface area contributed by atoms with Crippen LogP contribution < -0.4 is 4.90 Å². The lowest BCUT2D eigenvalue weighted by atomic mass is 9.97. The number of aryl methyl sites for hydroxylation is 2. The molecular formula is C11H16N4O3. The van der Waals surface area contributed by atoms with Crippen molar-refractivity contribution < 1.29 is 14.6 Å². The zero-order chi connectivity index (χ0) is 13.3. The molecule has 0 bridgehead atoms. The van der Waals surface area contributed by atoms with Crippen LogP contribution in [0.5, 0.6) is 0 Å². The van der Waals surface area contributed by atoms with Gasteiger partial charge in [-0.2, -0.15) is 5.10 Å². The molecule has 1 aliphatic rings. The van der Waals surface area contributed by atoms with Gasteiger partial charge >= 0.3 is 5.97 Å². The van der Waals surface area contributed by atoms with Crippen LogP contribution in [0.25, 0.3) is 0 Å². The van der Waals surface area contributed by atoms with Gasteiger partial charge in [0.15, 0.2) is 0 Å². The Balaban J connectivity index is 1.95. The number of aliphatic carboxylic acids is 1. The summed E-state index contributed by atoms with van der Waals surface area (Å²) in [6.07, 6.45) is 0. The van der Waals surface area contributed by atoms with Crippen LogP contribution in [-0.2, 0) is 9.53 Å². The number of nitrogens with zero attached hydrogens (tertiary/aromatic N) is 4. The third kappa shape index (κ3) is 2.56. The topological polar surface area (TPSA) is 88.4 Å². The molecule has 0 spiro atoms. The second kappa shape index (κ2) is 4.49. The van der Waals surface area contributed by atoms with Gasteiger partial charge in [0, 0.05) is 0 Å². The van der Waals surface area contributed by atoms with Crippen molar-refractivity contribution in [3.8, 4) is 0 Å². The highest BCUT2D eigenvalue weighted by atomic mass is 16.5. The van der Waals surface area contributed by atoms with E-state index in [0.717, 1.165) is 11.4 Å². The summed E-state index contributed by atoms with van der Waals surface area (Å²) in [4.78, 5) is 16.7. The number of hydrogen-bond donors (Lipinski definition) is 1. The van der Waals surface area contributed by atoms with Gasteiger partial charge < -0.3 is 14.7 Å². The van der Waals surface area contributed by atoms with Crippen molar-refractivity contribution in [1.82, 2.24) is 15.2 Å². The normalized spacial score (nSPS) is 17.4. The van der Waals surface area contributed by atoms with Crippen LogP contribution in [0.2, 0.25) is 0 Å². The van der Waals surface area contributed by atoms with Crippen molar-refractivity contribution in [3.63, 3.8) is 0 Å². The van der Waals surface area contributed by atoms with Gasteiger partial charge in [0.25, 0.3) is 0 Å². The van der Waals surface area contributed by atoms with Crippen LogP contribution in [0.4, 0.5) is 5.95 Å². The second-order valence-corrected chi connectivity index (χ2v) is 4.77. The lowest BCUT2D eigenvalue weighted by Gasteiger charge is -2.46. The van der Waals surface area contributed by atoms with Gasteiger partial charge in [-0.1, -0.05) is 0 Å². The largest absolute Gasteiger partial charge is 0.480 e. The highest BCUT2D eigenvalue weighted by Gasteiger charge is 2.41. The van der Waals surface area contributed by atoms with Crippen LogP contribution in [0.15, 0.2) is 0 Å². The molecule has 1 fully saturated rings. The Morgan fingerprint density at radius 2 is 2.06 bits per heavy atom. The summed E-state index contributed by atoms with van der Waals surface area (Å²) >= 11 is 0. The van der Waals surface area contributed by atoms with Crippen molar-refractivity contribution in [2.75, 3.05) is 24.6 Å². The summed E-state index contributed by atoms with van der Waals surface area (Å²) in [6, 6.07) is 0. The Morgan fingerprint density at radius 3 is 2.61 bits per heavy atom. The molecule has 7 heteroatoms. The van der Waals surface area contributed by atoms with Gasteiger partial charge in [0.2, 0.25) is 5.95 Å². The first-order chi connectivity index (χ1) is 8.39. The minimum atomic E-state index is -0.959. The second-order valence-electron chi connectivity index (χ2n) is 4.77. The van der Waals surface area contributed by atoms with Crippen molar-refractivity contribution >= 4 is 11.9 Å². The summed E-state index contributed by atoms with van der Waals surface area (Å²) < 4.78 is 5.32. The maximum atomic E-state index is 10.4. The first-order valence-electron chi connectivity index (χ1n) is 5.68. The predicted octanol–water partition coefficient (Wildman–Crippen LogP) is 0.168. The highest BCUT2D eigenvalue weighted by Crippen LogP contribution is 2.27. The van der Waals surface area contributed by atoms with E-state index in [4.69, 9.17) is 9.84 Å². The molecule has 2 heterocycles. The van der Waals surface area contributed by atoms with E-state index in [9.17, 15) is 4.79 Å². The van der Waals surface area contributed by atoms with Gasteiger partial charge in [-0.25, -0.2) is 9.78 Å². The Kier molecular flexibility index (Phi) is 3.16. The number of carboxylic acid groups (broad SMARTS) is 1. The van der Waals surface area contributed by atoms with E-state index in [1.54, 1.807) is 0 Å². The van der Waals surface area contributed by atoms with Gasteiger partial charge in [-0.05, 0) is 20.8 Å². The molecule has 1 N–H and O–H groups in total. The lowest BCUT2D eigenvalue weighted by Crippen LogP contribution is -2.62. The molecule has 0 radical (unpaired) electrons. The molecule has 18 heavy (non-hydrogen) atoms. The summed E-state index contributed by atoms with van der Waals surface area (Å²) in [7, 11) is 0. The van der Waals surface area contributed by atoms with Crippen LogP contribution in [0, 0.1) is 13.8 Å². The minimum absolute atomic E-state index is 0.281. The molecular weight excluding hydrogens is 236 g/mol. The van der Waals surface area contributed by atoms with Crippen LogP contribution in [0.1, 0.15) is 18.3 Å². The van der Waals surface area contributed by atoms with E-state index in [1.807, 2.05) is 25.7 Å². The number of carbonyl (C=O) groups is 1. The molecule has 0 atom stereocenters. The minimum Gasteiger partial charge on any atom is -0.480 e. The molecule has 0 unspecified atom stereocenters. The summed E-state index contributed by atoms with van der Waals surface area (Å²) in [5.41, 5.74) is 1.21. The van der Waals surface area contributed by atoms with Crippen molar-refractivity contribution in [2.45, 2.75) is 26.4 Å². The molecule has 1 saturated heterocycles. The maximum absolute atomic E-state index is 10.4. The van der Waals surface area contributed by atoms with Crippen molar-refractivity contribution in [2.24, 2.45) is 0 Å². The Hall–Kier alpha value is -1.76. The zero-order valence-electron chi connectivity index (χ0n) is 10.7. The van der Waals surface area contributed by atoms with Crippen LogP contribution in [-0.4, -0.2) is 51.6 Å². The standard InChI is InChI=1S/C11H16N4O3/c1-7-8(2)13-14-10(12-7)15-5-11(3,6-15)18-4-9(16)17/h4-6H2,1-3H3,(H,16,17). The van der Waals surface area contributed by atoms with Crippen molar-refractivity contribution in [3.05, 3.63) is 11.4 Å². The molecule has 7 nitrogen and oxygen atoms in total. The third-order valence-electron chi connectivity index (χ3n) is 2.96. The molecule has 1 aromatic heterocycles. The third-order valence-corrected chi connectivity index (χ3v) is 2.96. The molecule has 2 rings (SSSR count). The fraction of sp³-hybridized carbons (Fsp3) is 0.636. The number of carboxylic acids is 1. The molecule has 0 saturated carbocycles. The molecule has 1 aromatic rings. The van der Waals surface area contributed by atoms with E-state index in [-0.39, 0.29) is 6.61 Å². The fourth-order valence-electron chi connectivity index (χ4n) is 1.81. The van der Waals surface area contributed by atoms with E-state index >= 15 is 0 Å². The smallest absolute Gasteiger partial charge is 0.329 e. The number of anilines is 1. The Bertz CT molecular complexity index is 471. The van der Waals surface area contributed by atoms with E-state index in [2.05, 4.69) is 15.2 Å². The van der Waals surface area contributed by atoms with Gasteiger partial charge in [-0.3, -0.25) is 0 Å². The molecule has 0 amide bonds. The first kappa shape index (κ1) is 12.7. The average Bonchev–Trinajstić information content (AvgIpc) is 2.26. The summed E-state index contributed by atoms with van der Waals surface area (Å²) in [6.45, 7) is 6.48. The SMILES string of the molecule is Cc1nnc(N2CC(C)(OCC(=O)O)C2)nc1C. The van der Waals surface area contributed by atoms with Crippen LogP contribution in [0.3, 0.4) is 0 Å². The maximum Gasteiger partial charge on any atom is 0.329 e.